The second-order valence-electron chi connectivity index (χ2n) is 9.00. The van der Waals surface area contributed by atoms with Crippen molar-refractivity contribution in [3.05, 3.63) is 29.3 Å². The summed E-state index contributed by atoms with van der Waals surface area (Å²) in [5.41, 5.74) is 0.290. The van der Waals surface area contributed by atoms with Crippen molar-refractivity contribution in [1.29, 1.82) is 0 Å². The van der Waals surface area contributed by atoms with Gasteiger partial charge in [0.1, 0.15) is 11.6 Å². The molecule has 1 fully saturated rings. The van der Waals surface area contributed by atoms with Gasteiger partial charge >= 0.3 is 6.09 Å². The molecule has 184 valence electrons. The molecule has 5 amide bonds. The Bertz CT molecular complexity index is 986. The fourth-order valence-electron chi connectivity index (χ4n) is 3.75. The average Bonchev–Trinajstić information content (AvgIpc) is 2.88. The molecule has 2 heterocycles. The molecular formula is C23H30N4O7. The fraction of sp³-hybridized carbons (Fsp3) is 0.522. The number of carbonyl (C=O) groups excluding carboxylic acids is 5. The van der Waals surface area contributed by atoms with Gasteiger partial charge in [0.15, 0.2) is 0 Å². The van der Waals surface area contributed by atoms with Crippen LogP contribution in [0.1, 0.15) is 60.7 Å². The van der Waals surface area contributed by atoms with Crippen molar-refractivity contribution >= 4 is 35.4 Å². The van der Waals surface area contributed by atoms with Crippen molar-refractivity contribution in [2.45, 2.75) is 51.7 Å². The molecule has 2 aliphatic rings. The molecule has 1 saturated heterocycles. The van der Waals surface area contributed by atoms with Gasteiger partial charge < -0.3 is 20.1 Å². The number of benzene rings is 1. The molecular weight excluding hydrogens is 444 g/mol. The highest BCUT2D eigenvalue weighted by atomic mass is 16.6. The van der Waals surface area contributed by atoms with Gasteiger partial charge in [-0.1, -0.05) is 6.07 Å². The van der Waals surface area contributed by atoms with Crippen LogP contribution in [0.25, 0.3) is 0 Å². The number of carbonyl (C=O) groups is 5. The highest BCUT2D eigenvalue weighted by molar-refractivity contribution is 6.25. The first-order chi connectivity index (χ1) is 16.1. The van der Waals surface area contributed by atoms with E-state index in [-0.39, 0.29) is 37.1 Å². The lowest BCUT2D eigenvalue weighted by Crippen LogP contribution is -2.49. The van der Waals surface area contributed by atoms with Crippen LogP contribution >= 0.6 is 0 Å². The van der Waals surface area contributed by atoms with Gasteiger partial charge in [-0.3, -0.25) is 29.4 Å². The number of hydrogen-bond donors (Lipinski definition) is 3. The third-order valence-electron chi connectivity index (χ3n) is 5.18. The van der Waals surface area contributed by atoms with Crippen LogP contribution in [0.3, 0.4) is 0 Å². The zero-order valence-electron chi connectivity index (χ0n) is 19.6. The van der Waals surface area contributed by atoms with Crippen LogP contribution in [0.4, 0.5) is 10.5 Å². The molecule has 2 aliphatic heterocycles. The van der Waals surface area contributed by atoms with E-state index in [0.29, 0.717) is 25.3 Å². The predicted octanol–water partition coefficient (Wildman–Crippen LogP) is 1.43. The molecule has 34 heavy (non-hydrogen) atoms. The monoisotopic (exact) mass is 474 g/mol. The van der Waals surface area contributed by atoms with E-state index in [4.69, 9.17) is 9.47 Å². The van der Waals surface area contributed by atoms with Crippen molar-refractivity contribution in [1.82, 2.24) is 15.5 Å². The summed E-state index contributed by atoms with van der Waals surface area (Å²) < 4.78 is 10.6. The second kappa shape index (κ2) is 10.6. The topological polar surface area (TPSA) is 143 Å². The van der Waals surface area contributed by atoms with Crippen molar-refractivity contribution in [3.63, 3.8) is 0 Å². The summed E-state index contributed by atoms with van der Waals surface area (Å²) in [5, 5.41) is 7.92. The van der Waals surface area contributed by atoms with Gasteiger partial charge in [0.05, 0.1) is 24.3 Å². The summed E-state index contributed by atoms with van der Waals surface area (Å²) in [6.45, 7) is 6.52. The first-order valence-electron chi connectivity index (χ1n) is 11.2. The number of imide groups is 2. The van der Waals surface area contributed by atoms with E-state index in [0.717, 1.165) is 4.90 Å². The van der Waals surface area contributed by atoms with Crippen molar-refractivity contribution < 1.29 is 33.4 Å². The summed E-state index contributed by atoms with van der Waals surface area (Å²) in [6.07, 6.45) is 0.289. The van der Waals surface area contributed by atoms with Crippen LogP contribution in [0, 0.1) is 0 Å². The van der Waals surface area contributed by atoms with Crippen LogP contribution in [0.5, 0.6) is 0 Å². The minimum Gasteiger partial charge on any atom is -0.444 e. The minimum atomic E-state index is -1.02. The van der Waals surface area contributed by atoms with E-state index >= 15 is 0 Å². The molecule has 0 bridgehead atoms. The smallest absolute Gasteiger partial charge is 0.407 e. The molecule has 0 radical (unpaired) electrons. The Morgan fingerprint density at radius 2 is 1.85 bits per heavy atom. The van der Waals surface area contributed by atoms with E-state index in [1.54, 1.807) is 39.0 Å². The third-order valence-corrected chi connectivity index (χ3v) is 5.18. The molecule has 3 N–H and O–H groups in total. The maximum atomic E-state index is 13.1. The molecule has 1 aromatic rings. The number of ether oxygens (including phenoxy) is 2. The zero-order valence-corrected chi connectivity index (χ0v) is 19.6. The van der Waals surface area contributed by atoms with Crippen LogP contribution in [-0.4, -0.2) is 72.6 Å². The lowest BCUT2D eigenvalue weighted by atomic mass is 10.1. The van der Waals surface area contributed by atoms with Gasteiger partial charge in [-0.15, -0.1) is 0 Å². The number of amides is 5. The van der Waals surface area contributed by atoms with E-state index in [1.165, 1.54) is 0 Å². The van der Waals surface area contributed by atoms with E-state index in [2.05, 4.69) is 16.0 Å². The normalized spacial score (nSPS) is 18.3. The molecule has 1 atom stereocenters. The van der Waals surface area contributed by atoms with Crippen molar-refractivity contribution in [2.75, 3.05) is 31.6 Å². The number of anilines is 1. The lowest BCUT2D eigenvalue weighted by Gasteiger charge is -2.23. The summed E-state index contributed by atoms with van der Waals surface area (Å²) in [5.74, 6) is -2.17. The number of alkyl carbamates (subject to hydrolysis) is 1. The molecule has 0 saturated carbocycles. The van der Waals surface area contributed by atoms with Gasteiger partial charge in [-0.2, -0.15) is 0 Å². The largest absolute Gasteiger partial charge is 0.444 e. The zero-order chi connectivity index (χ0) is 24.9. The molecule has 0 aromatic heterocycles. The second-order valence-corrected chi connectivity index (χ2v) is 9.00. The highest BCUT2D eigenvalue weighted by Gasteiger charge is 2.44. The molecule has 1 aromatic carbocycles. The summed E-state index contributed by atoms with van der Waals surface area (Å²) in [6, 6.07) is 3.85. The predicted molar refractivity (Wildman–Crippen MR) is 121 cm³/mol. The first kappa shape index (κ1) is 25.2. The van der Waals surface area contributed by atoms with E-state index in [9.17, 15) is 24.0 Å². The van der Waals surface area contributed by atoms with E-state index < -0.39 is 41.4 Å². The summed E-state index contributed by atoms with van der Waals surface area (Å²) in [7, 11) is 0. The highest BCUT2D eigenvalue weighted by Crippen LogP contribution is 2.32. The number of rotatable bonds is 8. The number of fused-ring (bicyclic) bond motifs is 1. The van der Waals surface area contributed by atoms with Crippen molar-refractivity contribution in [3.8, 4) is 0 Å². The molecule has 0 unspecified atom stereocenters. The Balaban J connectivity index is 1.52. The van der Waals surface area contributed by atoms with Crippen LogP contribution in [-0.2, 0) is 19.1 Å². The maximum absolute atomic E-state index is 13.1. The first-order valence-corrected chi connectivity index (χ1v) is 11.2. The van der Waals surface area contributed by atoms with Gasteiger partial charge in [0, 0.05) is 25.2 Å². The quantitative estimate of drug-likeness (QED) is 0.379. The van der Waals surface area contributed by atoms with Gasteiger partial charge in [-0.05, 0) is 45.7 Å². The van der Waals surface area contributed by atoms with Gasteiger partial charge in [0.25, 0.3) is 11.8 Å². The summed E-state index contributed by atoms with van der Waals surface area (Å²) in [4.78, 5) is 62.6. The van der Waals surface area contributed by atoms with E-state index in [1.807, 2.05) is 0 Å². The molecule has 0 spiro atoms. The Morgan fingerprint density at radius 1 is 1.12 bits per heavy atom. The van der Waals surface area contributed by atoms with Gasteiger partial charge in [0.2, 0.25) is 11.8 Å². The van der Waals surface area contributed by atoms with Crippen LogP contribution < -0.4 is 16.0 Å². The average molecular weight is 475 g/mol. The van der Waals surface area contributed by atoms with Crippen LogP contribution in [0.2, 0.25) is 0 Å². The van der Waals surface area contributed by atoms with Crippen molar-refractivity contribution in [2.24, 2.45) is 0 Å². The molecule has 11 heteroatoms. The van der Waals surface area contributed by atoms with Gasteiger partial charge in [-0.25, -0.2) is 4.79 Å². The Morgan fingerprint density at radius 3 is 2.59 bits per heavy atom. The van der Waals surface area contributed by atoms with Crippen LogP contribution in [0.15, 0.2) is 18.2 Å². The Labute approximate surface area is 197 Å². The number of nitrogens with zero attached hydrogens (tertiary/aromatic N) is 1. The molecule has 3 rings (SSSR count). The Hall–Kier alpha value is -3.47. The molecule has 11 nitrogen and oxygen atoms in total. The third kappa shape index (κ3) is 6.10. The minimum absolute atomic E-state index is 0.172. The summed E-state index contributed by atoms with van der Waals surface area (Å²) >= 11 is 0. The molecule has 0 aliphatic carbocycles. The number of nitrogens with one attached hydrogen (secondary N) is 3. The fourth-order valence-corrected chi connectivity index (χ4v) is 3.75. The SMILES string of the molecule is CC(C)(C)OC(=O)NCCOCCNc1cccc2c1C(=O)N([C@H]1CCCC(=O)NC1=O)C2=O. The standard InChI is InChI=1S/C23H30N4O7/c1-23(2,3)34-22(32)25-11-13-33-12-10-24-15-7-4-6-14-18(15)21(31)27(20(14)30)16-8-5-9-17(28)26-19(16)29/h4,6-7,16,24H,5,8-13H2,1-3H3,(H,25,32)(H,26,28,29)/t16-/m0/s1. The maximum Gasteiger partial charge on any atom is 0.407 e. The lowest BCUT2D eigenvalue weighted by molar-refractivity contribution is -0.131. The number of hydrogen-bond acceptors (Lipinski definition) is 8. The Kier molecular flexibility index (Phi) is 7.87.